The number of carbonyl (C=O) groups excluding carboxylic acids is 1. The Morgan fingerprint density at radius 1 is 1.22 bits per heavy atom. The van der Waals surface area contributed by atoms with E-state index in [1.54, 1.807) is 12.3 Å². The molecule has 5 rings (SSSR count). The van der Waals surface area contributed by atoms with Gasteiger partial charge in [0.1, 0.15) is 23.0 Å². The van der Waals surface area contributed by atoms with Crippen molar-refractivity contribution in [1.82, 2.24) is 24.3 Å². The highest BCUT2D eigenvalue weighted by atomic mass is 19.1. The summed E-state index contributed by atoms with van der Waals surface area (Å²) in [6.07, 6.45) is 6.27. The predicted molar refractivity (Wildman–Crippen MR) is 98.9 cm³/mol. The molecule has 4 heterocycles. The maximum absolute atomic E-state index is 13.5. The molecular weight excluding hydrogens is 345 g/mol. The van der Waals surface area contributed by atoms with E-state index >= 15 is 0 Å². The Balaban J connectivity index is 1.54. The van der Waals surface area contributed by atoms with Gasteiger partial charge in [0, 0.05) is 12.7 Å². The van der Waals surface area contributed by atoms with Crippen LogP contribution in [-0.4, -0.2) is 36.7 Å². The normalized spacial score (nSPS) is 17.7. The fraction of sp³-hybridized carbons (Fsp3) is 0.250. The highest BCUT2D eigenvalue weighted by Gasteiger charge is 2.32. The number of nitrogens with zero attached hydrogens (tertiary/aromatic N) is 4. The summed E-state index contributed by atoms with van der Waals surface area (Å²) >= 11 is 0. The zero-order chi connectivity index (χ0) is 18.4. The number of fused-ring (bicyclic) bond motifs is 2. The number of benzene rings is 1. The minimum atomic E-state index is -0.306. The molecule has 27 heavy (non-hydrogen) atoms. The molecule has 1 amide bonds. The Bertz CT molecular complexity index is 1150. The number of aromatic nitrogens is 4. The van der Waals surface area contributed by atoms with Crippen molar-refractivity contribution >= 4 is 22.6 Å². The van der Waals surface area contributed by atoms with Gasteiger partial charge in [-0.2, -0.15) is 0 Å². The monoisotopic (exact) mass is 363 g/mol. The molecule has 0 unspecified atom stereocenters. The van der Waals surface area contributed by atoms with Crippen LogP contribution >= 0.6 is 0 Å². The van der Waals surface area contributed by atoms with E-state index in [0.29, 0.717) is 29.1 Å². The summed E-state index contributed by atoms with van der Waals surface area (Å²) in [5.74, 6) is 0.336. The smallest absolute Gasteiger partial charge is 0.273 e. The average Bonchev–Trinajstić information content (AvgIpc) is 3.31. The van der Waals surface area contributed by atoms with Gasteiger partial charge in [-0.15, -0.1) is 0 Å². The quantitative estimate of drug-likeness (QED) is 0.590. The van der Waals surface area contributed by atoms with Crippen LogP contribution in [0.4, 0.5) is 4.39 Å². The van der Waals surface area contributed by atoms with Gasteiger partial charge in [-0.25, -0.2) is 14.4 Å². The molecule has 0 bridgehead atoms. The summed E-state index contributed by atoms with van der Waals surface area (Å²) < 4.78 is 15.3. The van der Waals surface area contributed by atoms with Crippen molar-refractivity contribution in [2.75, 3.05) is 6.54 Å². The number of piperidine rings is 1. The van der Waals surface area contributed by atoms with Crippen LogP contribution in [0.5, 0.6) is 0 Å². The third-order valence-electron chi connectivity index (χ3n) is 5.18. The fourth-order valence-corrected chi connectivity index (χ4v) is 3.86. The lowest BCUT2D eigenvalue weighted by atomic mass is 10.0. The topological polar surface area (TPSA) is 66.3 Å². The Morgan fingerprint density at radius 2 is 2.15 bits per heavy atom. The fourth-order valence-electron chi connectivity index (χ4n) is 3.86. The van der Waals surface area contributed by atoms with E-state index < -0.39 is 0 Å². The largest absolute Gasteiger partial charge is 0.340 e. The number of H-pyrrole nitrogens is 1. The number of halogens is 1. The number of hydrogen-bond donors (Lipinski definition) is 1. The number of imidazole rings is 2. The molecule has 1 aliphatic heterocycles. The SMILES string of the molecule is O=C(c1cnc2ccccn12)N1CCCC[C@@H]1c1nc2ccc(F)cc2[nH]1. The molecule has 0 aliphatic carbocycles. The number of nitrogens with one attached hydrogen (secondary N) is 1. The first-order valence-electron chi connectivity index (χ1n) is 9.09. The van der Waals surface area contributed by atoms with Gasteiger partial charge in [0.25, 0.3) is 5.91 Å². The van der Waals surface area contributed by atoms with Crippen LogP contribution in [0.25, 0.3) is 16.7 Å². The minimum absolute atomic E-state index is 0.0648. The van der Waals surface area contributed by atoms with Gasteiger partial charge >= 0.3 is 0 Å². The average molecular weight is 363 g/mol. The molecule has 3 aromatic heterocycles. The standard InChI is InChI=1S/C20H18FN5O/c21-13-7-8-14-15(11-13)24-19(23-14)16-5-1-3-10-26(16)20(27)17-12-22-18-6-2-4-9-25(17)18/h2,4,6-9,11-12,16H,1,3,5,10H2,(H,23,24)/t16-/m1/s1. The Labute approximate surface area is 154 Å². The van der Waals surface area contributed by atoms with E-state index in [0.717, 1.165) is 24.9 Å². The van der Waals surface area contributed by atoms with Gasteiger partial charge in [0.15, 0.2) is 0 Å². The molecule has 4 aromatic rings. The number of hydrogen-bond acceptors (Lipinski definition) is 3. The summed E-state index contributed by atoms with van der Waals surface area (Å²) in [7, 11) is 0. The summed E-state index contributed by atoms with van der Waals surface area (Å²) in [5, 5.41) is 0. The summed E-state index contributed by atoms with van der Waals surface area (Å²) in [4.78, 5) is 27.3. The lowest BCUT2D eigenvalue weighted by molar-refractivity contribution is 0.0594. The lowest BCUT2D eigenvalue weighted by Crippen LogP contribution is -2.39. The van der Waals surface area contributed by atoms with Crippen LogP contribution in [0.1, 0.15) is 41.6 Å². The molecule has 7 heteroatoms. The van der Waals surface area contributed by atoms with E-state index in [1.165, 1.54) is 12.1 Å². The number of amides is 1. The molecule has 1 saturated heterocycles. The second kappa shape index (κ2) is 6.19. The molecule has 1 fully saturated rings. The molecule has 1 aromatic carbocycles. The van der Waals surface area contributed by atoms with Crippen molar-refractivity contribution in [1.29, 1.82) is 0 Å². The summed E-state index contributed by atoms with van der Waals surface area (Å²) in [5.41, 5.74) is 2.64. The molecule has 0 radical (unpaired) electrons. The van der Waals surface area contributed by atoms with Gasteiger partial charge < -0.3 is 9.88 Å². The van der Waals surface area contributed by atoms with E-state index in [4.69, 9.17) is 0 Å². The second-order valence-corrected chi connectivity index (χ2v) is 6.87. The van der Waals surface area contributed by atoms with Crippen LogP contribution in [-0.2, 0) is 0 Å². The lowest BCUT2D eigenvalue weighted by Gasteiger charge is -2.34. The van der Waals surface area contributed by atoms with Gasteiger partial charge in [-0.1, -0.05) is 6.07 Å². The van der Waals surface area contributed by atoms with Gasteiger partial charge in [-0.05, 0) is 49.6 Å². The third-order valence-corrected chi connectivity index (χ3v) is 5.18. The van der Waals surface area contributed by atoms with E-state index in [-0.39, 0.29) is 17.8 Å². The van der Waals surface area contributed by atoms with E-state index in [2.05, 4.69) is 15.0 Å². The van der Waals surface area contributed by atoms with Crippen LogP contribution < -0.4 is 0 Å². The number of pyridine rings is 1. The van der Waals surface area contributed by atoms with Crippen molar-refractivity contribution < 1.29 is 9.18 Å². The first-order valence-corrected chi connectivity index (χ1v) is 9.09. The predicted octanol–water partition coefficient (Wildman–Crippen LogP) is 3.72. The van der Waals surface area contributed by atoms with Crippen molar-refractivity contribution in [3.63, 3.8) is 0 Å². The second-order valence-electron chi connectivity index (χ2n) is 6.87. The van der Waals surface area contributed by atoms with Crippen LogP contribution in [0.2, 0.25) is 0 Å². The molecule has 136 valence electrons. The Morgan fingerprint density at radius 3 is 3.07 bits per heavy atom. The number of rotatable bonds is 2. The molecular formula is C20H18FN5O. The van der Waals surface area contributed by atoms with Crippen LogP contribution in [0.15, 0.2) is 48.8 Å². The maximum Gasteiger partial charge on any atom is 0.273 e. The number of carbonyl (C=O) groups is 1. The zero-order valence-electron chi connectivity index (χ0n) is 14.6. The van der Waals surface area contributed by atoms with Gasteiger partial charge in [0.05, 0.1) is 23.3 Å². The van der Waals surface area contributed by atoms with E-state index in [1.807, 2.05) is 33.7 Å². The number of aromatic amines is 1. The summed E-state index contributed by atoms with van der Waals surface area (Å²) in [6, 6.07) is 9.99. The first kappa shape index (κ1) is 16.0. The Hall–Kier alpha value is -3.22. The third kappa shape index (κ3) is 2.66. The Kier molecular flexibility index (Phi) is 3.67. The first-order chi connectivity index (χ1) is 13.2. The van der Waals surface area contributed by atoms with E-state index in [9.17, 15) is 9.18 Å². The molecule has 6 nitrogen and oxygen atoms in total. The van der Waals surface area contributed by atoms with Crippen molar-refractivity contribution in [2.24, 2.45) is 0 Å². The molecule has 0 spiro atoms. The van der Waals surface area contributed by atoms with Gasteiger partial charge in [-0.3, -0.25) is 9.20 Å². The zero-order valence-corrected chi connectivity index (χ0v) is 14.6. The molecule has 1 atom stereocenters. The van der Waals surface area contributed by atoms with Crippen LogP contribution in [0, 0.1) is 5.82 Å². The molecule has 0 saturated carbocycles. The molecule has 1 aliphatic rings. The van der Waals surface area contributed by atoms with Crippen molar-refractivity contribution in [3.8, 4) is 0 Å². The highest BCUT2D eigenvalue weighted by Crippen LogP contribution is 2.32. The highest BCUT2D eigenvalue weighted by molar-refractivity contribution is 5.93. The van der Waals surface area contributed by atoms with Crippen molar-refractivity contribution in [2.45, 2.75) is 25.3 Å². The summed E-state index contributed by atoms with van der Waals surface area (Å²) in [6.45, 7) is 0.662. The molecule has 1 N–H and O–H groups in total. The van der Waals surface area contributed by atoms with Gasteiger partial charge in [0.2, 0.25) is 0 Å². The van der Waals surface area contributed by atoms with Crippen LogP contribution in [0.3, 0.4) is 0 Å². The maximum atomic E-state index is 13.5. The minimum Gasteiger partial charge on any atom is -0.340 e. The number of likely N-dealkylation sites (tertiary alicyclic amines) is 1. The van der Waals surface area contributed by atoms with Crippen molar-refractivity contribution in [3.05, 3.63) is 66.1 Å².